The lowest BCUT2D eigenvalue weighted by atomic mass is 10.2. The number of rotatable bonds is 6. The molecule has 17 heavy (non-hydrogen) atoms. The van der Waals surface area contributed by atoms with Gasteiger partial charge < -0.3 is 10.2 Å². The van der Waals surface area contributed by atoms with Gasteiger partial charge in [-0.2, -0.15) is 0 Å². The number of hydrazine groups is 1. The molecule has 0 atom stereocenters. The molecule has 0 aliphatic rings. The van der Waals surface area contributed by atoms with Crippen LogP contribution in [0, 0.1) is 0 Å². The van der Waals surface area contributed by atoms with Crippen LogP contribution < -0.4 is 17.0 Å². The van der Waals surface area contributed by atoms with Crippen LogP contribution in [0.1, 0.15) is 23.0 Å². The summed E-state index contributed by atoms with van der Waals surface area (Å²) in [7, 11) is 0. The minimum Gasteiger partial charge on any atom is -0.459 e. The van der Waals surface area contributed by atoms with E-state index in [1.54, 1.807) is 11.0 Å². The smallest absolute Gasteiger partial charge is 0.301 e. The Morgan fingerprint density at radius 3 is 2.76 bits per heavy atom. The largest absolute Gasteiger partial charge is 0.459 e. The minimum absolute atomic E-state index is 0.130. The van der Waals surface area contributed by atoms with Gasteiger partial charge in [-0.15, -0.1) is 0 Å². The zero-order valence-electron chi connectivity index (χ0n) is 9.60. The molecule has 0 aromatic carbocycles. The maximum atomic E-state index is 11.3. The summed E-state index contributed by atoms with van der Waals surface area (Å²) in [5.41, 5.74) is 7.78. The van der Waals surface area contributed by atoms with Crippen LogP contribution in [-0.4, -0.2) is 29.8 Å². The predicted octanol–water partition coefficient (Wildman–Crippen LogP) is -0.810. The molecule has 1 aromatic heterocycles. The summed E-state index contributed by atoms with van der Waals surface area (Å²) in [6.45, 7) is 3.06. The third kappa shape index (κ3) is 3.58. The monoisotopic (exact) mass is 240 g/mol. The lowest BCUT2D eigenvalue weighted by Crippen LogP contribution is -2.34. The highest BCUT2D eigenvalue weighted by Crippen LogP contribution is 2.12. The Morgan fingerprint density at radius 2 is 2.24 bits per heavy atom. The molecule has 0 saturated heterocycles. The Labute approximate surface area is 98.7 Å². The number of furan rings is 1. The topological polar surface area (TPSA) is 115 Å². The van der Waals surface area contributed by atoms with Gasteiger partial charge in [-0.1, -0.05) is 6.92 Å². The van der Waals surface area contributed by atoms with Crippen LogP contribution >= 0.6 is 0 Å². The van der Waals surface area contributed by atoms with E-state index in [1.165, 1.54) is 6.26 Å². The summed E-state index contributed by atoms with van der Waals surface area (Å²) < 4.78 is 5.03. The maximum absolute atomic E-state index is 11.3. The number of nitrogens with two attached hydrogens (primary N) is 2. The van der Waals surface area contributed by atoms with E-state index >= 15 is 0 Å². The maximum Gasteiger partial charge on any atom is 0.301 e. The normalized spacial score (nSPS) is 10.5. The Balaban J connectivity index is 2.76. The van der Waals surface area contributed by atoms with E-state index in [0.29, 0.717) is 18.7 Å². The standard InChI is InChI=1S/C10H16N4O3/c1-2-14(6-8(11)15)5-7-3-4-17-9(7)10(16)13-12/h3-4H,2,5-6,12H2,1H3,(H2,11,15)(H,13,16). The quantitative estimate of drug-likeness (QED) is 0.342. The molecular formula is C10H16N4O3. The van der Waals surface area contributed by atoms with Gasteiger partial charge in [0.15, 0.2) is 5.76 Å². The third-order valence-electron chi connectivity index (χ3n) is 2.30. The molecule has 1 aromatic rings. The Kier molecular flexibility index (Phi) is 4.68. The molecule has 7 heteroatoms. The van der Waals surface area contributed by atoms with E-state index in [-0.39, 0.29) is 12.3 Å². The van der Waals surface area contributed by atoms with Crippen molar-refractivity contribution < 1.29 is 14.0 Å². The van der Waals surface area contributed by atoms with E-state index in [0.717, 1.165) is 0 Å². The van der Waals surface area contributed by atoms with Gasteiger partial charge >= 0.3 is 5.91 Å². The van der Waals surface area contributed by atoms with E-state index in [9.17, 15) is 9.59 Å². The van der Waals surface area contributed by atoms with Crippen molar-refractivity contribution in [3.05, 3.63) is 23.7 Å². The highest BCUT2D eigenvalue weighted by molar-refractivity contribution is 5.92. The zero-order valence-corrected chi connectivity index (χ0v) is 9.60. The highest BCUT2D eigenvalue weighted by atomic mass is 16.3. The van der Waals surface area contributed by atoms with Crippen molar-refractivity contribution in [2.75, 3.05) is 13.1 Å². The third-order valence-corrected chi connectivity index (χ3v) is 2.30. The lowest BCUT2D eigenvalue weighted by molar-refractivity contribution is -0.119. The summed E-state index contributed by atoms with van der Waals surface area (Å²) in [6, 6.07) is 1.66. The van der Waals surface area contributed by atoms with Crippen molar-refractivity contribution in [1.82, 2.24) is 10.3 Å². The number of primary amides is 1. The first kappa shape index (κ1) is 13.2. The molecule has 94 valence electrons. The fraction of sp³-hybridized carbons (Fsp3) is 0.400. The molecule has 0 radical (unpaired) electrons. The molecule has 1 rings (SSSR count). The van der Waals surface area contributed by atoms with Crippen molar-refractivity contribution in [1.29, 1.82) is 0 Å². The first-order valence-electron chi connectivity index (χ1n) is 5.16. The number of amides is 2. The van der Waals surface area contributed by atoms with E-state index in [2.05, 4.69) is 0 Å². The minimum atomic E-state index is -0.500. The van der Waals surface area contributed by atoms with Gasteiger partial charge in [0.25, 0.3) is 0 Å². The SMILES string of the molecule is CCN(CC(N)=O)Cc1ccoc1C(=O)NN. The van der Waals surface area contributed by atoms with Gasteiger partial charge in [-0.3, -0.25) is 19.9 Å². The highest BCUT2D eigenvalue weighted by Gasteiger charge is 2.17. The summed E-state index contributed by atoms with van der Waals surface area (Å²) in [5, 5.41) is 0. The van der Waals surface area contributed by atoms with Gasteiger partial charge in [-0.25, -0.2) is 5.84 Å². The van der Waals surface area contributed by atoms with Crippen LogP contribution in [0.25, 0.3) is 0 Å². The second kappa shape index (κ2) is 6.02. The van der Waals surface area contributed by atoms with E-state index in [1.807, 2.05) is 12.3 Å². The van der Waals surface area contributed by atoms with Crippen molar-refractivity contribution in [2.45, 2.75) is 13.5 Å². The molecule has 0 bridgehead atoms. The summed E-state index contributed by atoms with van der Waals surface area (Å²) >= 11 is 0. The number of hydrogen-bond donors (Lipinski definition) is 3. The average molecular weight is 240 g/mol. The number of carbonyl (C=O) groups is 2. The van der Waals surface area contributed by atoms with Crippen molar-refractivity contribution in [2.24, 2.45) is 11.6 Å². The van der Waals surface area contributed by atoms with Gasteiger partial charge in [0, 0.05) is 12.1 Å². The van der Waals surface area contributed by atoms with Crippen LogP contribution in [0.4, 0.5) is 0 Å². The number of nitrogens with zero attached hydrogens (tertiary/aromatic N) is 1. The van der Waals surface area contributed by atoms with Gasteiger partial charge in [-0.05, 0) is 12.6 Å². The molecule has 5 N–H and O–H groups in total. The Hall–Kier alpha value is -1.86. The van der Waals surface area contributed by atoms with Crippen molar-refractivity contribution >= 4 is 11.8 Å². The zero-order chi connectivity index (χ0) is 12.8. The van der Waals surface area contributed by atoms with Crippen molar-refractivity contribution in [3.8, 4) is 0 Å². The van der Waals surface area contributed by atoms with Crippen LogP contribution in [0.5, 0.6) is 0 Å². The summed E-state index contributed by atoms with van der Waals surface area (Å²) in [4.78, 5) is 24.0. The van der Waals surface area contributed by atoms with Crippen LogP contribution in [0.3, 0.4) is 0 Å². The first-order valence-corrected chi connectivity index (χ1v) is 5.16. The predicted molar refractivity (Wildman–Crippen MR) is 60.5 cm³/mol. The summed E-state index contributed by atoms with van der Waals surface area (Å²) in [6.07, 6.45) is 1.40. The molecule has 7 nitrogen and oxygen atoms in total. The Morgan fingerprint density at radius 1 is 1.53 bits per heavy atom. The number of nitrogens with one attached hydrogen (secondary N) is 1. The van der Waals surface area contributed by atoms with Crippen LogP contribution in [-0.2, 0) is 11.3 Å². The molecule has 0 saturated carbocycles. The van der Waals surface area contributed by atoms with E-state index < -0.39 is 11.8 Å². The number of likely N-dealkylation sites (N-methyl/N-ethyl adjacent to an activating group) is 1. The van der Waals surface area contributed by atoms with E-state index in [4.69, 9.17) is 16.0 Å². The van der Waals surface area contributed by atoms with Gasteiger partial charge in [0.2, 0.25) is 5.91 Å². The molecule has 0 fully saturated rings. The van der Waals surface area contributed by atoms with Crippen molar-refractivity contribution in [3.63, 3.8) is 0 Å². The average Bonchev–Trinajstić information content (AvgIpc) is 2.74. The fourth-order valence-corrected chi connectivity index (χ4v) is 1.47. The Bertz CT molecular complexity index is 402. The van der Waals surface area contributed by atoms with Gasteiger partial charge in [0.1, 0.15) is 0 Å². The molecule has 0 unspecified atom stereocenters. The number of carbonyl (C=O) groups excluding carboxylic acids is 2. The molecule has 0 spiro atoms. The molecule has 2 amide bonds. The first-order chi connectivity index (χ1) is 8.08. The second-order valence-corrected chi connectivity index (χ2v) is 3.52. The molecule has 0 aliphatic carbocycles. The fourth-order valence-electron chi connectivity index (χ4n) is 1.47. The van der Waals surface area contributed by atoms with Gasteiger partial charge in [0.05, 0.1) is 12.8 Å². The molecule has 1 heterocycles. The second-order valence-electron chi connectivity index (χ2n) is 3.52. The number of nitrogen functional groups attached to an aromatic ring is 1. The summed E-state index contributed by atoms with van der Waals surface area (Å²) in [5.74, 6) is 4.26. The van der Waals surface area contributed by atoms with Crippen LogP contribution in [0.2, 0.25) is 0 Å². The molecule has 0 aliphatic heterocycles. The van der Waals surface area contributed by atoms with Crippen LogP contribution in [0.15, 0.2) is 16.7 Å². The number of hydrogen-bond acceptors (Lipinski definition) is 5. The lowest BCUT2D eigenvalue weighted by Gasteiger charge is -2.17. The molecular weight excluding hydrogens is 224 g/mol.